The molecule has 0 radical (unpaired) electrons. The maximum atomic E-state index is 11.6. The van der Waals surface area contributed by atoms with Crippen molar-refractivity contribution in [3.05, 3.63) is 35.4 Å². The molecule has 3 heteroatoms. The Hall–Kier alpha value is -1.35. The van der Waals surface area contributed by atoms with Gasteiger partial charge < -0.3 is 10.6 Å². The maximum Gasteiger partial charge on any atom is 0.220 e. The highest BCUT2D eigenvalue weighted by Gasteiger charge is 2.02. The zero-order valence-corrected chi connectivity index (χ0v) is 12.3. The maximum absolute atomic E-state index is 11.6. The first-order valence-electron chi connectivity index (χ1n) is 7.14. The Morgan fingerprint density at radius 1 is 1.21 bits per heavy atom. The lowest BCUT2D eigenvalue weighted by molar-refractivity contribution is -0.121. The molecule has 106 valence electrons. The summed E-state index contributed by atoms with van der Waals surface area (Å²) in [5.74, 6) is 0.152. The van der Waals surface area contributed by atoms with Gasteiger partial charge in [0.25, 0.3) is 0 Å². The molecule has 1 amide bonds. The van der Waals surface area contributed by atoms with E-state index in [2.05, 4.69) is 43.5 Å². The first-order valence-corrected chi connectivity index (χ1v) is 7.14. The number of carbonyl (C=O) groups is 1. The van der Waals surface area contributed by atoms with Gasteiger partial charge in [0.1, 0.15) is 0 Å². The number of hydrogen-bond donors (Lipinski definition) is 2. The van der Waals surface area contributed by atoms with Crippen molar-refractivity contribution < 1.29 is 4.79 Å². The normalized spacial score (nSPS) is 10.7. The zero-order chi connectivity index (χ0) is 14.1. The van der Waals surface area contributed by atoms with E-state index < -0.39 is 0 Å². The Kier molecular flexibility index (Phi) is 7.19. The molecule has 19 heavy (non-hydrogen) atoms. The Bertz CT molecular complexity index is 388. The van der Waals surface area contributed by atoms with Crippen LogP contribution in [0.15, 0.2) is 24.3 Å². The molecule has 0 spiro atoms. The number of rotatable bonds is 8. The predicted octanol–water partition coefficient (Wildman–Crippen LogP) is 2.43. The summed E-state index contributed by atoms with van der Waals surface area (Å²) >= 11 is 0. The highest BCUT2D eigenvalue weighted by molar-refractivity contribution is 5.75. The monoisotopic (exact) mass is 262 g/mol. The number of nitrogens with one attached hydrogen (secondary N) is 2. The summed E-state index contributed by atoms with van der Waals surface area (Å²) in [6.07, 6.45) is 2.41. The van der Waals surface area contributed by atoms with Crippen molar-refractivity contribution in [1.82, 2.24) is 10.6 Å². The molecule has 0 saturated heterocycles. The number of benzene rings is 1. The molecule has 0 bridgehead atoms. The third-order valence-electron chi connectivity index (χ3n) is 3.11. The Morgan fingerprint density at radius 3 is 2.63 bits per heavy atom. The molecule has 1 aromatic rings. The summed E-state index contributed by atoms with van der Waals surface area (Å²) in [6.45, 7) is 7.96. The van der Waals surface area contributed by atoms with E-state index in [1.54, 1.807) is 0 Å². The largest absolute Gasteiger partial charge is 0.356 e. The molecule has 0 aromatic heterocycles. The van der Waals surface area contributed by atoms with Crippen LogP contribution in [0.2, 0.25) is 0 Å². The summed E-state index contributed by atoms with van der Waals surface area (Å²) in [7, 11) is 0. The molecule has 0 saturated carbocycles. The van der Waals surface area contributed by atoms with Crippen LogP contribution in [-0.2, 0) is 11.2 Å². The van der Waals surface area contributed by atoms with E-state index in [1.165, 1.54) is 11.1 Å². The van der Waals surface area contributed by atoms with Gasteiger partial charge in [0.15, 0.2) is 0 Å². The van der Waals surface area contributed by atoms with E-state index in [1.807, 2.05) is 12.1 Å². The van der Waals surface area contributed by atoms with Crippen molar-refractivity contribution in [2.24, 2.45) is 0 Å². The van der Waals surface area contributed by atoms with Gasteiger partial charge in [-0.25, -0.2) is 0 Å². The predicted molar refractivity (Wildman–Crippen MR) is 80.3 cm³/mol. The highest BCUT2D eigenvalue weighted by Crippen LogP contribution is 2.06. The Labute approximate surface area is 116 Å². The van der Waals surface area contributed by atoms with Gasteiger partial charge in [-0.1, -0.05) is 38.1 Å². The van der Waals surface area contributed by atoms with Gasteiger partial charge in [0.05, 0.1) is 0 Å². The van der Waals surface area contributed by atoms with Crippen LogP contribution in [0.5, 0.6) is 0 Å². The van der Waals surface area contributed by atoms with E-state index in [4.69, 9.17) is 0 Å². The van der Waals surface area contributed by atoms with Crippen LogP contribution < -0.4 is 10.6 Å². The Morgan fingerprint density at radius 2 is 1.95 bits per heavy atom. The Balaban J connectivity index is 2.12. The highest BCUT2D eigenvalue weighted by atomic mass is 16.1. The van der Waals surface area contributed by atoms with Crippen molar-refractivity contribution in [3.63, 3.8) is 0 Å². The second-order valence-corrected chi connectivity index (χ2v) is 5.24. The van der Waals surface area contributed by atoms with Crippen LogP contribution in [0.3, 0.4) is 0 Å². The molecule has 2 N–H and O–H groups in total. The molecule has 0 fully saturated rings. The fraction of sp³-hybridized carbons (Fsp3) is 0.562. The topological polar surface area (TPSA) is 41.1 Å². The van der Waals surface area contributed by atoms with Crippen molar-refractivity contribution >= 4 is 5.91 Å². The number of carbonyl (C=O) groups excluding carboxylic acids is 1. The van der Waals surface area contributed by atoms with Gasteiger partial charge in [-0.05, 0) is 37.4 Å². The molecule has 1 rings (SSSR count). The van der Waals surface area contributed by atoms with E-state index in [0.29, 0.717) is 12.5 Å². The number of aryl methyl sites for hydroxylation is 1. The average Bonchev–Trinajstić information content (AvgIpc) is 2.37. The van der Waals surface area contributed by atoms with E-state index in [9.17, 15) is 4.79 Å². The van der Waals surface area contributed by atoms with Crippen LogP contribution in [0.4, 0.5) is 0 Å². The minimum absolute atomic E-state index is 0.152. The van der Waals surface area contributed by atoms with Gasteiger partial charge in [-0.3, -0.25) is 4.79 Å². The van der Waals surface area contributed by atoms with Crippen LogP contribution in [-0.4, -0.2) is 25.0 Å². The second-order valence-electron chi connectivity index (χ2n) is 5.24. The van der Waals surface area contributed by atoms with E-state index in [0.717, 1.165) is 25.9 Å². The van der Waals surface area contributed by atoms with Gasteiger partial charge in [-0.2, -0.15) is 0 Å². The number of hydrogen-bond acceptors (Lipinski definition) is 2. The summed E-state index contributed by atoms with van der Waals surface area (Å²) in [5, 5.41) is 6.29. The lowest BCUT2D eigenvalue weighted by Gasteiger charge is -2.09. The zero-order valence-electron chi connectivity index (χ0n) is 12.3. The smallest absolute Gasteiger partial charge is 0.220 e. The molecule has 0 aliphatic rings. The summed E-state index contributed by atoms with van der Waals surface area (Å²) in [5.41, 5.74) is 2.60. The van der Waals surface area contributed by atoms with Crippen LogP contribution >= 0.6 is 0 Å². The summed E-state index contributed by atoms with van der Waals surface area (Å²) in [4.78, 5) is 11.6. The molecule has 0 heterocycles. The van der Waals surface area contributed by atoms with Crippen LogP contribution in [0.1, 0.15) is 37.8 Å². The van der Waals surface area contributed by atoms with E-state index >= 15 is 0 Å². The van der Waals surface area contributed by atoms with E-state index in [-0.39, 0.29) is 5.91 Å². The molecule has 0 aliphatic heterocycles. The molecule has 0 aliphatic carbocycles. The van der Waals surface area contributed by atoms with Crippen LogP contribution in [0.25, 0.3) is 0 Å². The molecule has 0 atom stereocenters. The lowest BCUT2D eigenvalue weighted by Crippen LogP contribution is -2.28. The second kappa shape index (κ2) is 8.70. The molecule has 0 unspecified atom stereocenters. The third-order valence-corrected chi connectivity index (χ3v) is 3.11. The fourth-order valence-corrected chi connectivity index (χ4v) is 1.96. The molecule has 1 aromatic carbocycles. The van der Waals surface area contributed by atoms with Gasteiger partial charge in [0, 0.05) is 19.0 Å². The minimum Gasteiger partial charge on any atom is -0.356 e. The third kappa shape index (κ3) is 6.97. The standard InChI is InChI=1S/C16H26N2O/c1-13(2)17-11-6-9-16(19)18-12-10-15-8-5-4-7-14(15)3/h4-5,7-8,13,17H,6,9-12H2,1-3H3,(H,18,19). The lowest BCUT2D eigenvalue weighted by atomic mass is 10.1. The van der Waals surface area contributed by atoms with Crippen molar-refractivity contribution in [2.75, 3.05) is 13.1 Å². The summed E-state index contributed by atoms with van der Waals surface area (Å²) in [6, 6.07) is 8.80. The van der Waals surface area contributed by atoms with Crippen molar-refractivity contribution in [1.29, 1.82) is 0 Å². The van der Waals surface area contributed by atoms with Gasteiger partial charge in [0.2, 0.25) is 5.91 Å². The number of amides is 1. The molecule has 3 nitrogen and oxygen atoms in total. The van der Waals surface area contributed by atoms with Crippen molar-refractivity contribution in [3.8, 4) is 0 Å². The van der Waals surface area contributed by atoms with Gasteiger partial charge in [-0.15, -0.1) is 0 Å². The minimum atomic E-state index is 0.152. The molecular weight excluding hydrogens is 236 g/mol. The first-order chi connectivity index (χ1) is 9.09. The van der Waals surface area contributed by atoms with Gasteiger partial charge >= 0.3 is 0 Å². The quantitative estimate of drug-likeness (QED) is 0.707. The average molecular weight is 262 g/mol. The first kappa shape index (κ1) is 15.7. The SMILES string of the molecule is Cc1ccccc1CCNC(=O)CCCNC(C)C. The molecular formula is C16H26N2O. The van der Waals surface area contributed by atoms with Crippen LogP contribution in [0, 0.1) is 6.92 Å². The summed E-state index contributed by atoms with van der Waals surface area (Å²) < 4.78 is 0. The van der Waals surface area contributed by atoms with Crippen molar-refractivity contribution in [2.45, 2.75) is 46.1 Å². The fourth-order valence-electron chi connectivity index (χ4n) is 1.96.